The minimum absolute atomic E-state index is 0.0310. The van der Waals surface area contributed by atoms with Crippen molar-refractivity contribution >= 4 is 0 Å². The number of aromatic nitrogens is 1. The number of hydrogen-bond acceptors (Lipinski definition) is 6. The summed E-state index contributed by atoms with van der Waals surface area (Å²) in [7, 11) is 3.08. The minimum Gasteiger partial charge on any atom is -0.502 e. The maximum Gasteiger partial charge on any atom is 0.200 e. The maximum atomic E-state index is 10.1. The molecule has 136 valence electrons. The topological polar surface area (TPSA) is 68.0 Å². The molecule has 1 aliphatic rings. The molecular formula is C19H26N2O4. The summed E-state index contributed by atoms with van der Waals surface area (Å²) in [5, 5.41) is 14.3. The van der Waals surface area contributed by atoms with Gasteiger partial charge in [-0.05, 0) is 43.0 Å². The van der Waals surface area contributed by atoms with Crippen molar-refractivity contribution < 1.29 is 19.1 Å². The first-order valence-corrected chi connectivity index (χ1v) is 8.68. The van der Waals surface area contributed by atoms with E-state index in [9.17, 15) is 5.11 Å². The Bertz CT molecular complexity index is 701. The lowest BCUT2D eigenvalue weighted by Crippen LogP contribution is -2.22. The van der Waals surface area contributed by atoms with Crippen molar-refractivity contribution in [2.24, 2.45) is 0 Å². The van der Waals surface area contributed by atoms with Gasteiger partial charge in [-0.15, -0.1) is 0 Å². The second-order valence-electron chi connectivity index (χ2n) is 6.79. The molecule has 0 radical (unpaired) electrons. The highest BCUT2D eigenvalue weighted by molar-refractivity contribution is 5.52. The average Bonchev–Trinajstić information content (AvgIpc) is 3.25. The largest absolute Gasteiger partial charge is 0.502 e. The molecule has 6 nitrogen and oxygen atoms in total. The highest BCUT2D eigenvalue weighted by Crippen LogP contribution is 2.39. The van der Waals surface area contributed by atoms with E-state index in [1.807, 2.05) is 12.1 Å². The highest BCUT2D eigenvalue weighted by atomic mass is 16.5. The van der Waals surface area contributed by atoms with Gasteiger partial charge in [0, 0.05) is 12.6 Å². The van der Waals surface area contributed by atoms with Gasteiger partial charge < -0.3 is 19.1 Å². The molecule has 0 aliphatic carbocycles. The van der Waals surface area contributed by atoms with Gasteiger partial charge in [0.25, 0.3) is 0 Å². The molecule has 0 bridgehead atoms. The molecule has 3 rings (SSSR count). The third kappa shape index (κ3) is 3.58. The molecule has 1 aromatic carbocycles. The second-order valence-corrected chi connectivity index (χ2v) is 6.79. The number of hydrogen-bond donors (Lipinski definition) is 1. The van der Waals surface area contributed by atoms with Crippen LogP contribution in [0.15, 0.2) is 22.7 Å². The number of nitrogens with zero attached hydrogens (tertiary/aromatic N) is 2. The molecule has 1 saturated heterocycles. The smallest absolute Gasteiger partial charge is 0.200 e. The van der Waals surface area contributed by atoms with Gasteiger partial charge in [-0.1, -0.05) is 19.0 Å². The van der Waals surface area contributed by atoms with Gasteiger partial charge in [0.1, 0.15) is 0 Å². The van der Waals surface area contributed by atoms with Crippen LogP contribution in [0.1, 0.15) is 55.7 Å². The summed E-state index contributed by atoms with van der Waals surface area (Å²) in [6, 6.07) is 6.01. The van der Waals surface area contributed by atoms with E-state index in [4.69, 9.17) is 14.0 Å². The van der Waals surface area contributed by atoms with Crippen molar-refractivity contribution in [1.82, 2.24) is 10.1 Å². The number of ether oxygens (including phenoxy) is 2. The predicted molar refractivity (Wildman–Crippen MR) is 94.2 cm³/mol. The Balaban J connectivity index is 1.81. The lowest BCUT2D eigenvalue weighted by atomic mass is 10.1. The zero-order valence-corrected chi connectivity index (χ0v) is 15.3. The molecule has 1 N–H and O–H groups in total. The van der Waals surface area contributed by atoms with Gasteiger partial charge in [-0.2, -0.15) is 0 Å². The number of methoxy groups -OCH3 is 2. The number of benzene rings is 1. The number of likely N-dealkylation sites (tertiary alicyclic amines) is 1. The summed E-state index contributed by atoms with van der Waals surface area (Å²) >= 11 is 0. The third-order valence-corrected chi connectivity index (χ3v) is 4.76. The summed E-state index contributed by atoms with van der Waals surface area (Å²) in [6.07, 6.45) is 2.17. The monoisotopic (exact) mass is 346 g/mol. The Hall–Kier alpha value is -2.21. The molecule has 1 atom stereocenters. The molecule has 25 heavy (non-hydrogen) atoms. The van der Waals surface area contributed by atoms with Crippen molar-refractivity contribution in [2.45, 2.75) is 45.2 Å². The summed E-state index contributed by atoms with van der Waals surface area (Å²) in [5.74, 6) is 2.17. The maximum absolute atomic E-state index is 10.1. The van der Waals surface area contributed by atoms with Crippen molar-refractivity contribution in [3.8, 4) is 17.2 Å². The standard InChI is InChI=1S/C19H26N2O4/c1-12(2)14-10-16(25-20-14)15-6-5-7-21(15)11-13-8-17(23-3)19(22)18(9-13)24-4/h8-10,12,15,22H,5-7,11H2,1-4H3/t15-/m1/s1. The van der Waals surface area contributed by atoms with E-state index in [0.717, 1.165) is 42.9 Å². The fourth-order valence-electron chi connectivity index (χ4n) is 3.34. The predicted octanol–water partition coefficient (Wildman–Crippen LogP) is 3.86. The lowest BCUT2D eigenvalue weighted by molar-refractivity contribution is 0.205. The van der Waals surface area contributed by atoms with E-state index < -0.39 is 0 Å². The molecule has 1 aliphatic heterocycles. The highest BCUT2D eigenvalue weighted by Gasteiger charge is 2.30. The summed E-state index contributed by atoms with van der Waals surface area (Å²) in [5.41, 5.74) is 2.02. The van der Waals surface area contributed by atoms with Crippen LogP contribution in [-0.4, -0.2) is 35.9 Å². The van der Waals surface area contributed by atoms with E-state index in [0.29, 0.717) is 17.4 Å². The Morgan fingerprint density at radius 2 is 1.92 bits per heavy atom. The zero-order chi connectivity index (χ0) is 18.0. The minimum atomic E-state index is 0.0310. The van der Waals surface area contributed by atoms with Crippen LogP contribution in [-0.2, 0) is 6.54 Å². The Kier molecular flexibility index (Phi) is 5.18. The van der Waals surface area contributed by atoms with Gasteiger partial charge in [0.05, 0.1) is 26.0 Å². The van der Waals surface area contributed by atoms with E-state index in [1.165, 1.54) is 0 Å². The van der Waals surface area contributed by atoms with E-state index in [1.54, 1.807) is 14.2 Å². The quantitative estimate of drug-likeness (QED) is 0.857. The molecule has 0 unspecified atom stereocenters. The first kappa shape index (κ1) is 17.6. The molecule has 1 fully saturated rings. The van der Waals surface area contributed by atoms with Crippen molar-refractivity contribution in [3.63, 3.8) is 0 Å². The fraction of sp³-hybridized carbons (Fsp3) is 0.526. The number of phenols is 1. The van der Waals surface area contributed by atoms with Crippen LogP contribution < -0.4 is 9.47 Å². The molecular weight excluding hydrogens is 320 g/mol. The Morgan fingerprint density at radius 1 is 1.24 bits per heavy atom. The fourth-order valence-corrected chi connectivity index (χ4v) is 3.34. The van der Waals surface area contributed by atoms with Crippen LogP contribution in [0.25, 0.3) is 0 Å². The van der Waals surface area contributed by atoms with Gasteiger partial charge in [-0.3, -0.25) is 4.90 Å². The van der Waals surface area contributed by atoms with Crippen LogP contribution in [0.5, 0.6) is 17.2 Å². The molecule has 0 amide bonds. The van der Waals surface area contributed by atoms with Gasteiger partial charge in [-0.25, -0.2) is 0 Å². The van der Waals surface area contributed by atoms with Crippen molar-refractivity contribution in [1.29, 1.82) is 0 Å². The van der Waals surface area contributed by atoms with Crippen LogP contribution in [0.4, 0.5) is 0 Å². The Morgan fingerprint density at radius 3 is 2.48 bits per heavy atom. The molecule has 2 aromatic rings. The summed E-state index contributed by atoms with van der Waals surface area (Å²) in [4.78, 5) is 2.37. The van der Waals surface area contributed by atoms with E-state index in [2.05, 4.69) is 30.0 Å². The normalized spacial score (nSPS) is 18.0. The number of rotatable bonds is 6. The van der Waals surface area contributed by atoms with Gasteiger partial charge in [0.2, 0.25) is 5.75 Å². The van der Waals surface area contributed by atoms with E-state index in [-0.39, 0.29) is 11.8 Å². The molecule has 2 heterocycles. The molecule has 0 saturated carbocycles. The van der Waals surface area contributed by atoms with Crippen molar-refractivity contribution in [2.75, 3.05) is 20.8 Å². The number of phenolic OH excluding ortho intramolecular Hbond substituents is 1. The van der Waals surface area contributed by atoms with Crippen LogP contribution >= 0.6 is 0 Å². The van der Waals surface area contributed by atoms with Crippen LogP contribution in [0.2, 0.25) is 0 Å². The Labute approximate surface area is 148 Å². The van der Waals surface area contributed by atoms with Crippen LogP contribution in [0, 0.1) is 0 Å². The van der Waals surface area contributed by atoms with Crippen molar-refractivity contribution in [3.05, 3.63) is 35.2 Å². The van der Waals surface area contributed by atoms with Crippen LogP contribution in [0.3, 0.4) is 0 Å². The average molecular weight is 346 g/mol. The third-order valence-electron chi connectivity index (χ3n) is 4.76. The second kappa shape index (κ2) is 7.35. The van der Waals surface area contributed by atoms with E-state index >= 15 is 0 Å². The van der Waals surface area contributed by atoms with Gasteiger partial charge in [0.15, 0.2) is 17.3 Å². The molecule has 0 spiro atoms. The lowest BCUT2D eigenvalue weighted by Gasteiger charge is -2.23. The SMILES string of the molecule is COc1cc(CN2CCC[C@@H]2c2cc(C(C)C)no2)cc(OC)c1O. The number of aromatic hydroxyl groups is 1. The molecule has 1 aromatic heterocycles. The zero-order valence-electron chi connectivity index (χ0n) is 15.3. The molecule has 6 heteroatoms. The first-order chi connectivity index (χ1) is 12.0. The van der Waals surface area contributed by atoms with Gasteiger partial charge >= 0.3 is 0 Å². The summed E-state index contributed by atoms with van der Waals surface area (Å²) in [6.45, 7) is 5.95. The first-order valence-electron chi connectivity index (χ1n) is 8.68. The summed E-state index contributed by atoms with van der Waals surface area (Å²) < 4.78 is 16.1.